The van der Waals surface area contributed by atoms with Crippen molar-refractivity contribution >= 4 is 5.97 Å². The van der Waals surface area contributed by atoms with Crippen molar-refractivity contribution in [2.45, 2.75) is 242 Å². The fourth-order valence-corrected chi connectivity index (χ4v) is 16.6. The van der Waals surface area contributed by atoms with E-state index < -0.39 is 166 Å². The van der Waals surface area contributed by atoms with Gasteiger partial charge < -0.3 is 104 Å². The van der Waals surface area contributed by atoms with Crippen molar-refractivity contribution in [3.63, 3.8) is 0 Å². The maximum absolute atomic E-state index is 15.1. The molecule has 436 valence electrons. The Balaban J connectivity index is 0.932. The summed E-state index contributed by atoms with van der Waals surface area (Å²) in [7, 11) is 0. The van der Waals surface area contributed by atoms with E-state index in [9.17, 15) is 66.4 Å². The molecular weight excluding hydrogens is 1000 g/mol. The summed E-state index contributed by atoms with van der Waals surface area (Å²) >= 11 is 0. The summed E-state index contributed by atoms with van der Waals surface area (Å²) in [5.41, 5.74) is -0.996. The Kier molecular flexibility index (Phi) is 16.8. The normalized spacial score (nSPS) is 55.2. The van der Waals surface area contributed by atoms with Gasteiger partial charge in [-0.15, -0.1) is 0 Å². The second-order valence-electron chi connectivity index (χ2n) is 25.7. The second kappa shape index (κ2) is 21.6. The number of hydrogen-bond donors (Lipinski definition) is 13. The number of fused-ring (bicyclic) bond motifs is 7. The first-order chi connectivity index (χ1) is 35.6. The Morgan fingerprint density at radius 2 is 1.16 bits per heavy atom. The smallest absolute Gasteiger partial charge is 0.315 e. The minimum atomic E-state index is -1.83. The number of carbonyl (C=O) groups is 1. The minimum absolute atomic E-state index is 0.0583. The highest BCUT2D eigenvalue weighted by molar-refractivity contribution is 5.79. The molecule has 4 saturated heterocycles. The Bertz CT molecular complexity index is 2080. The van der Waals surface area contributed by atoms with E-state index in [1.165, 1.54) is 12.5 Å². The Morgan fingerprint density at radius 3 is 1.82 bits per heavy atom. The summed E-state index contributed by atoms with van der Waals surface area (Å²) in [4.78, 5) is 15.1. The van der Waals surface area contributed by atoms with Crippen molar-refractivity contribution in [1.82, 2.24) is 0 Å². The van der Waals surface area contributed by atoms with Crippen LogP contribution in [0.15, 0.2) is 11.6 Å². The van der Waals surface area contributed by atoms with Crippen LogP contribution in [0, 0.1) is 56.7 Å². The zero-order valence-corrected chi connectivity index (χ0v) is 45.1. The molecule has 0 amide bonds. The molecule has 8 fully saturated rings. The van der Waals surface area contributed by atoms with Crippen molar-refractivity contribution < 1.29 is 109 Å². The lowest BCUT2D eigenvalue weighted by molar-refractivity contribution is -0.376. The van der Waals surface area contributed by atoms with Gasteiger partial charge in [-0.25, -0.2) is 0 Å². The van der Waals surface area contributed by atoms with Gasteiger partial charge in [-0.1, -0.05) is 60.1 Å². The predicted molar refractivity (Wildman–Crippen MR) is 261 cm³/mol. The van der Waals surface area contributed by atoms with E-state index in [1.807, 2.05) is 0 Å². The van der Waals surface area contributed by atoms with Crippen LogP contribution in [0.5, 0.6) is 0 Å². The average Bonchev–Trinajstić information content (AvgIpc) is 3.48. The lowest BCUT2D eigenvalue weighted by Gasteiger charge is -2.71. The molecule has 0 aromatic heterocycles. The number of aliphatic hydroxyl groups excluding tert-OH is 13. The van der Waals surface area contributed by atoms with Gasteiger partial charge in [0.05, 0.1) is 37.4 Å². The zero-order chi connectivity index (χ0) is 55.5. The van der Waals surface area contributed by atoms with E-state index in [4.69, 9.17) is 37.9 Å². The van der Waals surface area contributed by atoms with E-state index in [0.29, 0.717) is 25.7 Å². The SMILES string of the molecule is CC1CCC2(C(=O)OC3OC(COC4OC(CO)C(O)C(O)C4O)C(O)C(O)C3O)CCC3(C)C(=CCC4C5(C)CCC(OC6OC(CO)C(O)C(O)C6OC6OC(C)C(O)C(O)C6O)C(C)(C)C5CCC43C)C2C1C. The maximum Gasteiger partial charge on any atom is 0.315 e. The first-order valence-corrected chi connectivity index (χ1v) is 27.8. The molecule has 4 saturated carbocycles. The van der Waals surface area contributed by atoms with Crippen LogP contribution in [-0.2, 0) is 42.7 Å². The van der Waals surface area contributed by atoms with E-state index in [2.05, 4.69) is 54.5 Å². The molecule has 9 aliphatic rings. The monoisotopic (exact) mass is 1090 g/mol. The molecule has 22 nitrogen and oxygen atoms in total. The lowest BCUT2D eigenvalue weighted by atomic mass is 9.33. The summed E-state index contributed by atoms with van der Waals surface area (Å²) in [6, 6.07) is 0. The molecule has 30 unspecified atom stereocenters. The lowest BCUT2D eigenvalue weighted by Crippen LogP contribution is -2.67. The quantitative estimate of drug-likeness (QED) is 0.0660. The van der Waals surface area contributed by atoms with Crippen LogP contribution in [0.25, 0.3) is 0 Å². The van der Waals surface area contributed by atoms with Crippen LogP contribution in [-0.4, -0.2) is 221 Å². The van der Waals surface area contributed by atoms with Gasteiger partial charge in [0.15, 0.2) is 18.9 Å². The van der Waals surface area contributed by atoms with Crippen LogP contribution in [0.1, 0.15) is 113 Å². The van der Waals surface area contributed by atoms with Crippen molar-refractivity contribution in [2.24, 2.45) is 56.7 Å². The standard InChI is InChI=1S/C54H88O22/c1-22-11-16-54(49(68)76-47-43(67)39(63)36(60)28(73-47)21-69-45-41(65)38(62)34(58)26(19-55)71-45)18-17-52(7)25(32(54)23(22)2)9-10-30-51(6)14-13-31(50(4,5)29(51)12-15-53(30,52)8)74-48-44(40(64)35(59)27(20-56)72-48)75-46-42(66)37(61)33(57)24(3)70-46/h9,22-24,26-48,55-67H,10-21H2,1-8H3. The third kappa shape index (κ3) is 9.38. The molecule has 30 atom stereocenters. The fraction of sp³-hybridized carbons (Fsp3) is 0.944. The number of allylic oxidation sites excluding steroid dienone is 2. The maximum atomic E-state index is 15.1. The van der Waals surface area contributed by atoms with Gasteiger partial charge in [0, 0.05) is 0 Å². The largest absolute Gasteiger partial charge is 0.432 e. The van der Waals surface area contributed by atoms with Crippen molar-refractivity contribution in [3.8, 4) is 0 Å². The second-order valence-corrected chi connectivity index (χ2v) is 25.7. The first kappa shape index (κ1) is 59.0. The van der Waals surface area contributed by atoms with E-state index >= 15 is 4.79 Å². The molecular formula is C54H88O22. The molecule has 0 aromatic carbocycles. The first-order valence-electron chi connectivity index (χ1n) is 27.8. The van der Waals surface area contributed by atoms with Gasteiger partial charge in [-0.05, 0) is 116 Å². The van der Waals surface area contributed by atoms with Gasteiger partial charge >= 0.3 is 5.97 Å². The molecule has 0 bridgehead atoms. The van der Waals surface area contributed by atoms with Crippen LogP contribution < -0.4 is 0 Å². The molecule has 4 aliphatic heterocycles. The summed E-state index contributed by atoms with van der Waals surface area (Å²) < 4.78 is 48.0. The average molecular weight is 1090 g/mol. The summed E-state index contributed by atoms with van der Waals surface area (Å²) in [6.07, 6.45) is -22.6. The molecule has 9 rings (SSSR count). The molecule has 13 N–H and O–H groups in total. The number of esters is 1. The van der Waals surface area contributed by atoms with Gasteiger partial charge in [-0.3, -0.25) is 4.79 Å². The van der Waals surface area contributed by atoms with Crippen molar-refractivity contribution in [2.75, 3.05) is 19.8 Å². The number of aliphatic hydroxyl groups is 13. The molecule has 5 aliphatic carbocycles. The van der Waals surface area contributed by atoms with Crippen LogP contribution >= 0.6 is 0 Å². The molecule has 22 heteroatoms. The van der Waals surface area contributed by atoms with Crippen LogP contribution in [0.2, 0.25) is 0 Å². The number of hydrogen-bond acceptors (Lipinski definition) is 22. The third-order valence-corrected chi connectivity index (χ3v) is 21.7. The fourth-order valence-electron chi connectivity index (χ4n) is 16.6. The molecule has 4 heterocycles. The third-order valence-electron chi connectivity index (χ3n) is 21.7. The van der Waals surface area contributed by atoms with Crippen LogP contribution in [0.3, 0.4) is 0 Å². The summed E-state index contributed by atoms with van der Waals surface area (Å²) in [6.45, 7) is 15.6. The van der Waals surface area contributed by atoms with Gasteiger partial charge in [0.2, 0.25) is 6.29 Å². The summed E-state index contributed by atoms with van der Waals surface area (Å²) in [5.74, 6) is -0.124. The number of carbonyl (C=O) groups excluding carboxylic acids is 1. The summed E-state index contributed by atoms with van der Waals surface area (Å²) in [5, 5.41) is 138. The van der Waals surface area contributed by atoms with E-state index in [-0.39, 0.29) is 45.8 Å². The van der Waals surface area contributed by atoms with Gasteiger partial charge in [0.25, 0.3) is 0 Å². The molecule has 76 heavy (non-hydrogen) atoms. The topological polar surface area (TPSA) is 354 Å². The van der Waals surface area contributed by atoms with Gasteiger partial charge in [-0.2, -0.15) is 0 Å². The van der Waals surface area contributed by atoms with E-state index in [1.54, 1.807) is 0 Å². The molecule has 0 spiro atoms. The van der Waals surface area contributed by atoms with Gasteiger partial charge in [0.1, 0.15) is 91.6 Å². The molecule has 0 aromatic rings. The Morgan fingerprint density at radius 1 is 0.579 bits per heavy atom. The Labute approximate surface area is 444 Å². The predicted octanol–water partition coefficient (Wildman–Crippen LogP) is -1.15. The number of ether oxygens (including phenoxy) is 8. The minimum Gasteiger partial charge on any atom is -0.432 e. The van der Waals surface area contributed by atoms with Crippen molar-refractivity contribution in [3.05, 3.63) is 11.6 Å². The van der Waals surface area contributed by atoms with Crippen molar-refractivity contribution in [1.29, 1.82) is 0 Å². The highest BCUT2D eigenvalue weighted by atomic mass is 16.8. The highest BCUT2D eigenvalue weighted by Crippen LogP contribution is 2.76. The molecule has 0 radical (unpaired) electrons. The number of rotatable bonds is 11. The van der Waals surface area contributed by atoms with Crippen LogP contribution in [0.4, 0.5) is 0 Å². The highest BCUT2D eigenvalue weighted by Gasteiger charge is 2.70. The Hall–Kier alpha value is -1.59. The van der Waals surface area contributed by atoms with E-state index in [0.717, 1.165) is 32.1 Å². The zero-order valence-electron chi connectivity index (χ0n) is 45.1.